The fraction of sp³-hybridized carbons (Fsp3) is 0.273. The number of benzene rings is 1. The molecule has 0 aliphatic carbocycles. The fourth-order valence-electron chi connectivity index (χ4n) is 1.15. The second-order valence-corrected chi connectivity index (χ2v) is 3.73. The summed E-state index contributed by atoms with van der Waals surface area (Å²) < 4.78 is 4.98. The van der Waals surface area contributed by atoms with E-state index in [0.29, 0.717) is 23.6 Å². The monoisotopic (exact) mass is 256 g/mol. The van der Waals surface area contributed by atoms with Crippen molar-refractivity contribution in [2.45, 2.75) is 6.42 Å². The Morgan fingerprint density at radius 1 is 1.41 bits per heavy atom. The molecule has 6 heteroatoms. The molecule has 0 spiro atoms. The summed E-state index contributed by atoms with van der Waals surface area (Å²) in [6.07, 6.45) is 0.509. The van der Waals surface area contributed by atoms with E-state index >= 15 is 0 Å². The van der Waals surface area contributed by atoms with Crippen molar-refractivity contribution in [3.8, 4) is 0 Å². The number of nitrogens with one attached hydrogen (secondary N) is 1. The summed E-state index contributed by atoms with van der Waals surface area (Å²) >= 11 is 5.74. The zero-order chi connectivity index (χ0) is 12.7. The van der Waals surface area contributed by atoms with Crippen LogP contribution in [0.4, 0.5) is 4.79 Å². The van der Waals surface area contributed by atoms with E-state index in [9.17, 15) is 9.59 Å². The lowest BCUT2D eigenvalue weighted by atomic mass is 10.2. The zero-order valence-corrected chi connectivity index (χ0v) is 9.87. The first kappa shape index (κ1) is 13.3. The first-order valence-corrected chi connectivity index (χ1v) is 5.43. The minimum absolute atomic E-state index is 0.214. The highest BCUT2D eigenvalue weighted by Crippen LogP contribution is 2.11. The number of hydrogen-bond acceptors (Lipinski definition) is 3. The summed E-state index contributed by atoms with van der Waals surface area (Å²) in [6, 6.07) is 5.91. The maximum Gasteiger partial charge on any atom is 0.338 e. The Morgan fingerprint density at radius 2 is 2.18 bits per heavy atom. The lowest BCUT2D eigenvalue weighted by Gasteiger charge is -2.05. The van der Waals surface area contributed by atoms with Gasteiger partial charge in [0.15, 0.2) is 0 Å². The summed E-state index contributed by atoms with van der Waals surface area (Å²) in [5.41, 5.74) is 5.27. The van der Waals surface area contributed by atoms with E-state index in [-0.39, 0.29) is 6.61 Å². The number of hydrogen-bond donors (Lipinski definition) is 2. The topological polar surface area (TPSA) is 81.4 Å². The number of halogens is 1. The van der Waals surface area contributed by atoms with Gasteiger partial charge in [-0.3, -0.25) is 0 Å². The van der Waals surface area contributed by atoms with E-state index in [2.05, 4.69) is 5.32 Å². The molecule has 17 heavy (non-hydrogen) atoms. The van der Waals surface area contributed by atoms with Gasteiger partial charge in [-0.15, -0.1) is 0 Å². The predicted octanol–water partition coefficient (Wildman–Crippen LogP) is 1.56. The smallest absolute Gasteiger partial charge is 0.338 e. The van der Waals surface area contributed by atoms with Crippen LogP contribution >= 0.6 is 11.6 Å². The molecule has 1 aromatic carbocycles. The van der Waals surface area contributed by atoms with Crippen LogP contribution in [0.5, 0.6) is 0 Å². The third kappa shape index (κ3) is 5.21. The molecule has 0 radical (unpaired) electrons. The predicted molar refractivity (Wildman–Crippen MR) is 63.9 cm³/mol. The van der Waals surface area contributed by atoms with Crippen molar-refractivity contribution >= 4 is 23.6 Å². The van der Waals surface area contributed by atoms with E-state index in [1.165, 1.54) is 6.07 Å². The Hall–Kier alpha value is -1.75. The van der Waals surface area contributed by atoms with Crippen molar-refractivity contribution in [1.29, 1.82) is 0 Å². The largest absolute Gasteiger partial charge is 0.462 e. The number of esters is 1. The number of rotatable bonds is 5. The molecular formula is C11H13ClN2O3. The highest BCUT2D eigenvalue weighted by Gasteiger charge is 2.06. The molecule has 0 aromatic heterocycles. The molecule has 0 saturated heterocycles. The van der Waals surface area contributed by atoms with E-state index in [1.54, 1.807) is 18.2 Å². The summed E-state index contributed by atoms with van der Waals surface area (Å²) in [4.78, 5) is 21.8. The average Bonchev–Trinajstić information content (AvgIpc) is 2.28. The third-order valence-corrected chi connectivity index (χ3v) is 2.15. The lowest BCUT2D eigenvalue weighted by molar-refractivity contribution is 0.0501. The van der Waals surface area contributed by atoms with E-state index < -0.39 is 12.0 Å². The van der Waals surface area contributed by atoms with Crippen molar-refractivity contribution in [3.05, 3.63) is 34.9 Å². The molecule has 0 bridgehead atoms. The van der Waals surface area contributed by atoms with Gasteiger partial charge in [-0.05, 0) is 24.6 Å². The quantitative estimate of drug-likeness (QED) is 0.620. The van der Waals surface area contributed by atoms with Crippen molar-refractivity contribution in [2.75, 3.05) is 13.2 Å². The molecule has 1 aromatic rings. The van der Waals surface area contributed by atoms with Gasteiger partial charge < -0.3 is 15.8 Å². The lowest BCUT2D eigenvalue weighted by Crippen LogP contribution is -2.30. The van der Waals surface area contributed by atoms with Crippen LogP contribution in [0, 0.1) is 0 Å². The highest BCUT2D eigenvalue weighted by molar-refractivity contribution is 6.30. The van der Waals surface area contributed by atoms with Crippen LogP contribution in [0.25, 0.3) is 0 Å². The second-order valence-electron chi connectivity index (χ2n) is 3.29. The van der Waals surface area contributed by atoms with Crippen molar-refractivity contribution in [1.82, 2.24) is 5.32 Å². The van der Waals surface area contributed by atoms with Gasteiger partial charge in [0.05, 0.1) is 12.2 Å². The van der Waals surface area contributed by atoms with Crippen LogP contribution in [0.3, 0.4) is 0 Å². The van der Waals surface area contributed by atoms with Crippen LogP contribution in [-0.4, -0.2) is 25.2 Å². The molecule has 0 fully saturated rings. The Morgan fingerprint density at radius 3 is 2.82 bits per heavy atom. The maximum absolute atomic E-state index is 11.5. The van der Waals surface area contributed by atoms with Gasteiger partial charge in [-0.1, -0.05) is 17.7 Å². The maximum atomic E-state index is 11.5. The molecule has 0 unspecified atom stereocenters. The summed E-state index contributed by atoms with van der Waals surface area (Å²) in [5, 5.41) is 2.88. The van der Waals surface area contributed by atoms with Crippen LogP contribution in [-0.2, 0) is 4.74 Å². The molecule has 0 heterocycles. The van der Waals surface area contributed by atoms with Crippen LogP contribution in [0.1, 0.15) is 16.8 Å². The number of nitrogens with two attached hydrogens (primary N) is 1. The Bertz CT molecular complexity index is 409. The SMILES string of the molecule is NC(=O)NCCCOC(=O)c1cccc(Cl)c1. The molecule has 0 aliphatic heterocycles. The molecule has 3 N–H and O–H groups in total. The Kier molecular flexibility index (Phi) is 5.29. The van der Waals surface area contributed by atoms with Crippen LogP contribution in [0.15, 0.2) is 24.3 Å². The number of carbonyl (C=O) groups excluding carboxylic acids is 2. The summed E-state index contributed by atoms with van der Waals surface area (Å²) in [5.74, 6) is -0.438. The van der Waals surface area contributed by atoms with Gasteiger partial charge in [0.2, 0.25) is 0 Å². The summed E-state index contributed by atoms with van der Waals surface area (Å²) in [7, 11) is 0. The normalized spacial score (nSPS) is 9.71. The first-order valence-electron chi connectivity index (χ1n) is 5.05. The highest BCUT2D eigenvalue weighted by atomic mass is 35.5. The number of primary amides is 1. The number of amides is 2. The minimum atomic E-state index is -0.592. The number of urea groups is 1. The van der Waals surface area contributed by atoms with E-state index in [4.69, 9.17) is 22.1 Å². The standard InChI is InChI=1S/C11H13ClN2O3/c12-9-4-1-3-8(7-9)10(15)17-6-2-5-14-11(13)16/h1,3-4,7H,2,5-6H2,(H3,13,14,16). The molecule has 92 valence electrons. The van der Waals surface area contributed by atoms with Crippen molar-refractivity contribution in [2.24, 2.45) is 5.73 Å². The summed E-state index contributed by atoms with van der Waals surface area (Å²) in [6.45, 7) is 0.587. The van der Waals surface area contributed by atoms with Gasteiger partial charge in [0.25, 0.3) is 0 Å². The Labute approximate surface area is 104 Å². The van der Waals surface area contributed by atoms with Gasteiger partial charge >= 0.3 is 12.0 Å². The van der Waals surface area contributed by atoms with E-state index in [1.807, 2.05) is 0 Å². The van der Waals surface area contributed by atoms with Gasteiger partial charge in [0.1, 0.15) is 0 Å². The molecule has 5 nitrogen and oxygen atoms in total. The third-order valence-electron chi connectivity index (χ3n) is 1.91. The molecular weight excluding hydrogens is 244 g/mol. The Balaban J connectivity index is 2.28. The molecule has 0 aliphatic rings. The molecule has 0 saturated carbocycles. The van der Waals surface area contributed by atoms with Crippen LogP contribution < -0.4 is 11.1 Å². The average molecular weight is 257 g/mol. The second kappa shape index (κ2) is 6.75. The fourth-order valence-corrected chi connectivity index (χ4v) is 1.34. The van der Waals surface area contributed by atoms with Gasteiger partial charge in [-0.2, -0.15) is 0 Å². The van der Waals surface area contributed by atoms with Crippen molar-refractivity contribution < 1.29 is 14.3 Å². The van der Waals surface area contributed by atoms with Crippen molar-refractivity contribution in [3.63, 3.8) is 0 Å². The van der Waals surface area contributed by atoms with Gasteiger partial charge in [0, 0.05) is 11.6 Å². The van der Waals surface area contributed by atoms with E-state index in [0.717, 1.165) is 0 Å². The minimum Gasteiger partial charge on any atom is -0.462 e. The van der Waals surface area contributed by atoms with Crippen LogP contribution in [0.2, 0.25) is 5.02 Å². The van der Waals surface area contributed by atoms with Gasteiger partial charge in [-0.25, -0.2) is 9.59 Å². The number of carbonyl (C=O) groups is 2. The number of ether oxygens (including phenoxy) is 1. The molecule has 1 rings (SSSR count). The first-order chi connectivity index (χ1) is 8.09. The molecule has 0 atom stereocenters. The molecule has 2 amide bonds. The zero-order valence-electron chi connectivity index (χ0n) is 9.11.